The molecule has 1 aromatic heterocycles. The van der Waals surface area contributed by atoms with Crippen molar-refractivity contribution >= 4 is 23.1 Å². The molecule has 0 aromatic carbocycles. The fourth-order valence-electron chi connectivity index (χ4n) is 2.12. The summed E-state index contributed by atoms with van der Waals surface area (Å²) in [6, 6.07) is 1.93. The van der Waals surface area contributed by atoms with Crippen molar-refractivity contribution in [3.63, 3.8) is 0 Å². The molecule has 3 N–H and O–H groups in total. The largest absolute Gasteiger partial charge is 0.371 e. The van der Waals surface area contributed by atoms with Crippen LogP contribution in [0.4, 0.5) is 5.82 Å². The van der Waals surface area contributed by atoms with E-state index in [9.17, 15) is 5.11 Å². The first-order valence-corrected chi connectivity index (χ1v) is 6.40. The van der Waals surface area contributed by atoms with Crippen LogP contribution in [0.1, 0.15) is 5.69 Å². The van der Waals surface area contributed by atoms with Gasteiger partial charge in [-0.05, 0) is 7.05 Å². The van der Waals surface area contributed by atoms with Crippen LogP contribution in [0.5, 0.6) is 0 Å². The summed E-state index contributed by atoms with van der Waals surface area (Å²) >= 11 is 5.83. The van der Waals surface area contributed by atoms with E-state index in [1.165, 1.54) is 0 Å². The molecule has 1 aromatic rings. The first kappa shape index (κ1) is 12.6. The lowest BCUT2D eigenvalue weighted by atomic mass is 10.3. The topological polar surface area (TPSA) is 77.7 Å². The van der Waals surface area contributed by atoms with Gasteiger partial charge >= 0.3 is 0 Å². The highest BCUT2D eigenvalue weighted by Crippen LogP contribution is 2.19. The molecule has 0 spiro atoms. The fraction of sp³-hybridized carbons (Fsp3) is 0.455. The Kier molecular flexibility index (Phi) is 3.28. The Labute approximate surface area is 115 Å². The molecule has 0 saturated carbocycles. The number of aliphatic hydroxyl groups is 1. The zero-order chi connectivity index (χ0) is 13.4. The van der Waals surface area contributed by atoms with Crippen molar-refractivity contribution in [1.82, 2.24) is 25.5 Å². The van der Waals surface area contributed by atoms with Crippen LogP contribution in [0.2, 0.25) is 0 Å². The molecule has 8 heteroatoms. The Morgan fingerprint density at radius 1 is 1.53 bits per heavy atom. The summed E-state index contributed by atoms with van der Waals surface area (Å²) in [5.41, 5.74) is 6.78. The van der Waals surface area contributed by atoms with E-state index in [-0.39, 0.29) is 0 Å². The van der Waals surface area contributed by atoms with Gasteiger partial charge in [-0.2, -0.15) is 5.10 Å². The maximum absolute atomic E-state index is 9.74. The molecule has 0 saturated heterocycles. The third-order valence-corrected chi connectivity index (χ3v) is 3.31. The molecule has 0 fully saturated rings. The average Bonchev–Trinajstić information content (AvgIpc) is 2.75. The molecule has 1 atom stereocenters. The second-order valence-corrected chi connectivity index (χ2v) is 5.06. The van der Waals surface area contributed by atoms with Gasteiger partial charge in [0, 0.05) is 25.2 Å². The quantitative estimate of drug-likeness (QED) is 0.628. The minimum absolute atomic E-state index is 0.382. The van der Waals surface area contributed by atoms with E-state index in [2.05, 4.69) is 32.9 Å². The molecular weight excluding hydrogens is 268 g/mol. The van der Waals surface area contributed by atoms with Gasteiger partial charge in [-0.1, -0.05) is 11.6 Å². The maximum atomic E-state index is 9.74. The Hall–Kier alpha value is -1.41. The summed E-state index contributed by atoms with van der Waals surface area (Å²) in [5.74, 6) is 0.587. The van der Waals surface area contributed by atoms with E-state index in [4.69, 9.17) is 11.6 Å². The van der Waals surface area contributed by atoms with Crippen molar-refractivity contribution in [1.29, 1.82) is 0 Å². The van der Waals surface area contributed by atoms with Crippen molar-refractivity contribution in [2.24, 2.45) is 4.99 Å². The number of hydrogen-bond donors (Lipinski definition) is 3. The summed E-state index contributed by atoms with van der Waals surface area (Å²) in [6.07, 6.45) is 0.677. The minimum atomic E-state index is -0.899. The highest BCUT2D eigenvalue weighted by atomic mass is 35.5. The summed E-state index contributed by atoms with van der Waals surface area (Å²) in [4.78, 5) is 6.56. The van der Waals surface area contributed by atoms with Crippen LogP contribution < -0.4 is 10.9 Å². The molecule has 3 rings (SSSR count). The highest BCUT2D eigenvalue weighted by molar-refractivity contribution is 6.31. The maximum Gasteiger partial charge on any atom is 0.174 e. The van der Waals surface area contributed by atoms with Gasteiger partial charge < -0.3 is 10.5 Å². The van der Waals surface area contributed by atoms with Gasteiger partial charge in [0.2, 0.25) is 0 Å². The van der Waals surface area contributed by atoms with Crippen molar-refractivity contribution in [3.05, 3.63) is 23.0 Å². The number of fused-ring (bicyclic) bond motifs is 1. The first-order valence-electron chi connectivity index (χ1n) is 6.02. The summed E-state index contributed by atoms with van der Waals surface area (Å²) in [5, 5.41) is 14.5. The van der Waals surface area contributed by atoms with Crippen molar-refractivity contribution in [2.45, 2.75) is 19.3 Å². The molecule has 0 amide bonds. The molecule has 19 heavy (non-hydrogen) atoms. The predicted molar refractivity (Wildman–Crippen MR) is 71.9 cm³/mol. The summed E-state index contributed by atoms with van der Waals surface area (Å²) < 4.78 is 1.95. The molecule has 7 nitrogen and oxygen atoms in total. The van der Waals surface area contributed by atoms with Gasteiger partial charge in [0.05, 0.1) is 18.0 Å². The summed E-state index contributed by atoms with van der Waals surface area (Å²) in [6.45, 7) is 2.69. The zero-order valence-electron chi connectivity index (χ0n) is 10.5. The Morgan fingerprint density at radius 2 is 2.37 bits per heavy atom. The van der Waals surface area contributed by atoms with Crippen molar-refractivity contribution in [3.8, 4) is 0 Å². The third kappa shape index (κ3) is 2.64. The van der Waals surface area contributed by atoms with E-state index in [0.717, 1.165) is 25.3 Å². The van der Waals surface area contributed by atoms with E-state index < -0.39 is 6.23 Å². The van der Waals surface area contributed by atoms with E-state index in [1.807, 2.05) is 10.7 Å². The average molecular weight is 283 g/mol. The monoisotopic (exact) mass is 282 g/mol. The number of aliphatic hydroxyl groups excluding tert-OH is 1. The smallest absolute Gasteiger partial charge is 0.174 e. The molecule has 2 aliphatic rings. The van der Waals surface area contributed by atoms with Gasteiger partial charge in [0.1, 0.15) is 5.16 Å². The van der Waals surface area contributed by atoms with Crippen LogP contribution in [-0.4, -0.2) is 45.3 Å². The van der Waals surface area contributed by atoms with Crippen molar-refractivity contribution < 1.29 is 5.11 Å². The Morgan fingerprint density at radius 3 is 3.21 bits per heavy atom. The third-order valence-electron chi connectivity index (χ3n) is 3.10. The number of likely N-dealkylation sites (N-methyl/N-ethyl adjacent to an activating group) is 1. The van der Waals surface area contributed by atoms with Gasteiger partial charge in [0.25, 0.3) is 0 Å². The number of halogens is 1. The SMILES string of the molecule is CN1CCn2nc(N=C3C=C(Cl)NNC3O)cc2C1. The molecule has 102 valence electrons. The van der Waals surface area contributed by atoms with Crippen LogP contribution in [0.3, 0.4) is 0 Å². The molecule has 0 bridgehead atoms. The van der Waals surface area contributed by atoms with Crippen LogP contribution in [0.25, 0.3) is 0 Å². The highest BCUT2D eigenvalue weighted by Gasteiger charge is 2.19. The molecule has 0 radical (unpaired) electrons. The van der Waals surface area contributed by atoms with Crippen LogP contribution in [-0.2, 0) is 13.1 Å². The predicted octanol–water partition coefficient (Wildman–Crippen LogP) is -0.0926. The van der Waals surface area contributed by atoms with Crippen molar-refractivity contribution in [2.75, 3.05) is 13.6 Å². The second kappa shape index (κ2) is 4.93. The number of hydrazine groups is 1. The Balaban J connectivity index is 1.89. The van der Waals surface area contributed by atoms with Crippen LogP contribution in [0, 0.1) is 0 Å². The van der Waals surface area contributed by atoms with Crippen LogP contribution in [0.15, 0.2) is 22.3 Å². The standard InChI is InChI=1S/C11H15ClN6O/c1-17-2-3-18-7(6-17)4-10(16-18)13-8-5-9(12)14-15-11(8)19/h4-5,11,14-15,19H,2-3,6H2,1H3. The lowest BCUT2D eigenvalue weighted by Gasteiger charge is -2.22. The van der Waals surface area contributed by atoms with Gasteiger partial charge in [0.15, 0.2) is 12.0 Å². The Bertz CT molecular complexity index is 551. The van der Waals surface area contributed by atoms with Crippen LogP contribution >= 0.6 is 11.6 Å². The first-order chi connectivity index (χ1) is 9.11. The normalized spacial score (nSPS) is 25.9. The molecule has 0 aliphatic carbocycles. The van der Waals surface area contributed by atoms with Gasteiger partial charge in [-0.15, -0.1) is 0 Å². The van der Waals surface area contributed by atoms with Gasteiger partial charge in [-0.3, -0.25) is 9.58 Å². The van der Waals surface area contributed by atoms with E-state index >= 15 is 0 Å². The fourth-order valence-corrected chi connectivity index (χ4v) is 2.28. The molecule has 2 aliphatic heterocycles. The minimum Gasteiger partial charge on any atom is -0.371 e. The second-order valence-electron chi connectivity index (χ2n) is 4.66. The number of aliphatic imine (C=N–C) groups is 1. The number of hydrogen-bond acceptors (Lipinski definition) is 6. The number of nitrogens with one attached hydrogen (secondary N) is 2. The zero-order valence-corrected chi connectivity index (χ0v) is 11.2. The van der Waals surface area contributed by atoms with E-state index in [1.54, 1.807) is 6.08 Å². The molecule has 1 unspecified atom stereocenters. The number of aromatic nitrogens is 2. The molecule has 3 heterocycles. The molecular formula is C11H15ClN6O. The lowest BCUT2D eigenvalue weighted by molar-refractivity contribution is 0.187. The number of rotatable bonds is 1. The van der Waals surface area contributed by atoms with E-state index in [0.29, 0.717) is 16.7 Å². The van der Waals surface area contributed by atoms with Gasteiger partial charge in [-0.25, -0.2) is 10.4 Å². The lowest BCUT2D eigenvalue weighted by Crippen LogP contribution is -2.47. The number of nitrogens with zero attached hydrogens (tertiary/aromatic N) is 4. The summed E-state index contributed by atoms with van der Waals surface area (Å²) in [7, 11) is 2.07.